The van der Waals surface area contributed by atoms with Crippen LogP contribution in [0.15, 0.2) is 60.9 Å². The van der Waals surface area contributed by atoms with E-state index in [1.807, 2.05) is 42.5 Å². The molecule has 4 rings (SSSR count). The highest BCUT2D eigenvalue weighted by Crippen LogP contribution is 2.18. The van der Waals surface area contributed by atoms with Gasteiger partial charge in [0.15, 0.2) is 0 Å². The molecule has 0 aliphatic carbocycles. The molecule has 3 aromatic heterocycles. The molecule has 3 heterocycles. The molecule has 0 fully saturated rings. The molecule has 0 atom stereocenters. The first kappa shape index (κ1) is 17.6. The van der Waals surface area contributed by atoms with E-state index in [1.54, 1.807) is 17.1 Å². The summed E-state index contributed by atoms with van der Waals surface area (Å²) in [5.41, 5.74) is 4.87. The lowest BCUT2D eigenvalue weighted by molar-refractivity contribution is -0.124. The van der Waals surface area contributed by atoms with Gasteiger partial charge in [0.25, 0.3) is 5.91 Å². The molecule has 0 aliphatic heterocycles. The normalized spacial score (nSPS) is 11.3. The predicted octanol–water partition coefficient (Wildman–Crippen LogP) is 1.64. The van der Waals surface area contributed by atoms with Crippen LogP contribution in [-0.2, 0) is 17.9 Å². The standard InChI is InChI=1S/C19H17N7O2/c27-19(23-28)9-8-15-11-25(24-22-15)13-18-21-16-6-1-2-7-17(16)26(18)12-14-5-3-4-10-20-14/h1-11,28H,12-13H2,(H,23,27)/b9-8+. The molecule has 0 radical (unpaired) electrons. The molecule has 0 bridgehead atoms. The molecule has 0 spiro atoms. The number of rotatable bonds is 6. The van der Waals surface area contributed by atoms with Crippen LogP contribution < -0.4 is 5.48 Å². The van der Waals surface area contributed by atoms with Gasteiger partial charge in [-0.2, -0.15) is 0 Å². The third-order valence-electron chi connectivity index (χ3n) is 4.16. The summed E-state index contributed by atoms with van der Waals surface area (Å²) in [6.07, 6.45) is 6.11. The topological polar surface area (TPSA) is 111 Å². The third kappa shape index (κ3) is 3.79. The number of para-hydroxylation sites is 2. The van der Waals surface area contributed by atoms with E-state index in [4.69, 9.17) is 10.2 Å². The minimum absolute atomic E-state index is 0.411. The van der Waals surface area contributed by atoms with E-state index in [1.165, 1.54) is 17.6 Å². The van der Waals surface area contributed by atoms with Crippen LogP contribution in [0, 0.1) is 0 Å². The van der Waals surface area contributed by atoms with Gasteiger partial charge < -0.3 is 4.57 Å². The van der Waals surface area contributed by atoms with Crippen LogP contribution in [-0.4, -0.2) is 40.6 Å². The van der Waals surface area contributed by atoms with Crippen molar-refractivity contribution >= 4 is 23.0 Å². The van der Waals surface area contributed by atoms with Crippen molar-refractivity contribution in [1.82, 2.24) is 35.0 Å². The van der Waals surface area contributed by atoms with Crippen molar-refractivity contribution in [3.63, 3.8) is 0 Å². The maximum Gasteiger partial charge on any atom is 0.267 e. The van der Waals surface area contributed by atoms with Gasteiger partial charge in [-0.1, -0.05) is 23.4 Å². The highest BCUT2D eigenvalue weighted by atomic mass is 16.5. The zero-order valence-electron chi connectivity index (χ0n) is 14.8. The zero-order chi connectivity index (χ0) is 19.3. The summed E-state index contributed by atoms with van der Waals surface area (Å²) in [5, 5.41) is 16.6. The summed E-state index contributed by atoms with van der Waals surface area (Å²) in [6, 6.07) is 13.7. The van der Waals surface area contributed by atoms with Crippen LogP contribution in [0.3, 0.4) is 0 Å². The van der Waals surface area contributed by atoms with Crippen LogP contribution in [0.4, 0.5) is 0 Å². The fourth-order valence-corrected chi connectivity index (χ4v) is 2.89. The number of imidazole rings is 1. The average Bonchev–Trinajstić information content (AvgIpc) is 3.32. The van der Waals surface area contributed by atoms with Crippen molar-refractivity contribution in [1.29, 1.82) is 0 Å². The number of fused-ring (bicyclic) bond motifs is 1. The quantitative estimate of drug-likeness (QED) is 0.301. The van der Waals surface area contributed by atoms with Gasteiger partial charge in [0.1, 0.15) is 18.1 Å². The highest BCUT2D eigenvalue weighted by Gasteiger charge is 2.12. The largest absolute Gasteiger partial charge is 0.320 e. The third-order valence-corrected chi connectivity index (χ3v) is 4.16. The summed E-state index contributed by atoms with van der Waals surface area (Å²) in [6.45, 7) is 1.00. The van der Waals surface area contributed by atoms with Gasteiger partial charge in [-0.3, -0.25) is 15.0 Å². The molecule has 1 aromatic carbocycles. The lowest BCUT2D eigenvalue weighted by Gasteiger charge is -2.08. The van der Waals surface area contributed by atoms with Crippen molar-refractivity contribution in [3.8, 4) is 0 Å². The summed E-state index contributed by atoms with van der Waals surface area (Å²) >= 11 is 0. The van der Waals surface area contributed by atoms with E-state index in [2.05, 4.69) is 19.9 Å². The Kier molecular flexibility index (Phi) is 4.89. The Morgan fingerprint density at radius 2 is 2.00 bits per heavy atom. The average molecular weight is 375 g/mol. The number of pyridine rings is 1. The van der Waals surface area contributed by atoms with E-state index in [9.17, 15) is 4.79 Å². The van der Waals surface area contributed by atoms with Crippen molar-refractivity contribution in [2.45, 2.75) is 13.1 Å². The second-order valence-corrected chi connectivity index (χ2v) is 6.07. The predicted molar refractivity (Wildman–Crippen MR) is 101 cm³/mol. The monoisotopic (exact) mass is 375 g/mol. The molecule has 0 saturated carbocycles. The molecule has 140 valence electrons. The highest BCUT2D eigenvalue weighted by molar-refractivity contribution is 5.90. The number of hydrogen-bond acceptors (Lipinski definition) is 6. The van der Waals surface area contributed by atoms with E-state index >= 15 is 0 Å². The Bertz CT molecular complexity index is 1130. The lowest BCUT2D eigenvalue weighted by Crippen LogP contribution is -2.14. The molecule has 0 aliphatic rings. The molecule has 28 heavy (non-hydrogen) atoms. The van der Waals surface area contributed by atoms with Crippen LogP contribution in [0.1, 0.15) is 17.2 Å². The van der Waals surface area contributed by atoms with Crippen molar-refractivity contribution in [2.24, 2.45) is 0 Å². The number of nitrogens with one attached hydrogen (secondary N) is 1. The van der Waals surface area contributed by atoms with Crippen LogP contribution >= 0.6 is 0 Å². The Labute approximate surface area is 159 Å². The molecular formula is C19H17N7O2. The molecule has 2 N–H and O–H groups in total. The van der Waals surface area contributed by atoms with E-state index in [0.29, 0.717) is 18.8 Å². The van der Waals surface area contributed by atoms with Gasteiger partial charge in [0.2, 0.25) is 0 Å². The Hall–Kier alpha value is -3.85. The maximum absolute atomic E-state index is 11.1. The molecule has 9 nitrogen and oxygen atoms in total. The summed E-state index contributed by atoms with van der Waals surface area (Å²) in [5.74, 6) is 0.187. The van der Waals surface area contributed by atoms with Crippen molar-refractivity contribution < 1.29 is 10.0 Å². The zero-order valence-corrected chi connectivity index (χ0v) is 14.8. The molecule has 0 saturated heterocycles. The Morgan fingerprint density at radius 3 is 2.82 bits per heavy atom. The van der Waals surface area contributed by atoms with Crippen LogP contribution in [0.5, 0.6) is 0 Å². The number of carbonyl (C=O) groups is 1. The van der Waals surface area contributed by atoms with Crippen molar-refractivity contribution in [2.75, 3.05) is 0 Å². The van der Waals surface area contributed by atoms with Gasteiger partial charge >= 0.3 is 0 Å². The number of amides is 1. The van der Waals surface area contributed by atoms with E-state index in [0.717, 1.165) is 22.6 Å². The Balaban J connectivity index is 1.63. The van der Waals surface area contributed by atoms with Crippen molar-refractivity contribution in [3.05, 3.63) is 78.1 Å². The number of benzene rings is 1. The summed E-state index contributed by atoms with van der Waals surface area (Å²) < 4.78 is 3.75. The molecule has 0 unspecified atom stereocenters. The number of aromatic nitrogens is 6. The summed E-state index contributed by atoms with van der Waals surface area (Å²) in [7, 11) is 0. The molecular weight excluding hydrogens is 358 g/mol. The second-order valence-electron chi connectivity index (χ2n) is 6.07. The van der Waals surface area contributed by atoms with Crippen LogP contribution in [0.25, 0.3) is 17.1 Å². The minimum Gasteiger partial charge on any atom is -0.320 e. The number of hydrogen-bond donors (Lipinski definition) is 2. The number of carbonyl (C=O) groups excluding carboxylic acids is 1. The van der Waals surface area contributed by atoms with Gasteiger partial charge in [0.05, 0.1) is 29.5 Å². The van der Waals surface area contributed by atoms with E-state index < -0.39 is 5.91 Å². The SMILES string of the molecule is O=C(/C=C/c1cn(Cc2nc3ccccc3n2Cc2ccccn2)nn1)NO. The molecule has 4 aromatic rings. The minimum atomic E-state index is -0.633. The fourth-order valence-electron chi connectivity index (χ4n) is 2.89. The second kappa shape index (κ2) is 7.80. The number of nitrogens with zero attached hydrogens (tertiary/aromatic N) is 6. The van der Waals surface area contributed by atoms with Gasteiger partial charge in [-0.25, -0.2) is 15.1 Å². The first-order chi connectivity index (χ1) is 13.7. The maximum atomic E-state index is 11.1. The molecule has 9 heteroatoms. The Morgan fingerprint density at radius 1 is 1.14 bits per heavy atom. The fraction of sp³-hybridized carbons (Fsp3) is 0.105. The van der Waals surface area contributed by atoms with Gasteiger partial charge in [0, 0.05) is 12.3 Å². The van der Waals surface area contributed by atoms with Gasteiger partial charge in [-0.15, -0.1) is 5.10 Å². The smallest absolute Gasteiger partial charge is 0.267 e. The van der Waals surface area contributed by atoms with Crippen LogP contribution in [0.2, 0.25) is 0 Å². The van der Waals surface area contributed by atoms with Gasteiger partial charge in [-0.05, 0) is 30.3 Å². The van der Waals surface area contributed by atoms with E-state index in [-0.39, 0.29) is 0 Å². The first-order valence-electron chi connectivity index (χ1n) is 8.59. The molecule has 1 amide bonds. The number of hydroxylamine groups is 1. The first-order valence-corrected chi connectivity index (χ1v) is 8.59. The summed E-state index contributed by atoms with van der Waals surface area (Å²) in [4.78, 5) is 20.2. The lowest BCUT2D eigenvalue weighted by atomic mass is 10.3.